The molecule has 22 heavy (non-hydrogen) atoms. The molecule has 0 aromatic carbocycles. The van der Waals surface area contributed by atoms with Gasteiger partial charge in [0.05, 0.1) is 0 Å². The summed E-state index contributed by atoms with van der Waals surface area (Å²) >= 11 is 0. The van der Waals surface area contributed by atoms with Gasteiger partial charge in [0.2, 0.25) is 5.91 Å². The molecule has 0 radical (unpaired) electrons. The van der Waals surface area contributed by atoms with Gasteiger partial charge >= 0.3 is 5.97 Å². The minimum absolute atomic E-state index is 0.0463. The van der Waals surface area contributed by atoms with Crippen molar-refractivity contribution in [2.45, 2.75) is 71.3 Å². The second-order valence-corrected chi connectivity index (χ2v) is 8.68. The first kappa shape index (κ1) is 15.8. The van der Waals surface area contributed by atoms with Crippen molar-refractivity contribution in [3.8, 4) is 0 Å². The highest BCUT2D eigenvalue weighted by molar-refractivity contribution is 5.83. The smallest absolute Gasteiger partial charge is 0.326 e. The molecule has 1 amide bonds. The average molecular weight is 307 g/mol. The minimum Gasteiger partial charge on any atom is -0.480 e. The Morgan fingerprint density at radius 1 is 1.09 bits per heavy atom. The second-order valence-electron chi connectivity index (χ2n) is 8.68. The molecule has 4 heteroatoms. The second kappa shape index (κ2) is 5.86. The lowest BCUT2D eigenvalue weighted by molar-refractivity contribution is -0.143. The van der Waals surface area contributed by atoms with Gasteiger partial charge in [0.25, 0.3) is 0 Å². The zero-order chi connectivity index (χ0) is 15.9. The number of hydrogen-bond donors (Lipinski definition) is 2. The van der Waals surface area contributed by atoms with Crippen molar-refractivity contribution in [3.63, 3.8) is 0 Å². The van der Waals surface area contributed by atoms with Crippen molar-refractivity contribution in [1.29, 1.82) is 0 Å². The Hall–Kier alpha value is -1.06. The number of carboxylic acid groups (broad SMARTS) is 1. The van der Waals surface area contributed by atoms with Gasteiger partial charge < -0.3 is 10.4 Å². The quantitative estimate of drug-likeness (QED) is 0.792. The van der Waals surface area contributed by atoms with Crippen molar-refractivity contribution in [2.24, 2.45) is 29.1 Å². The zero-order valence-electron chi connectivity index (χ0n) is 13.8. The Morgan fingerprint density at radius 2 is 1.59 bits per heavy atom. The third-order valence-corrected chi connectivity index (χ3v) is 6.04. The molecule has 0 heterocycles. The van der Waals surface area contributed by atoms with Crippen LogP contribution in [0.4, 0.5) is 0 Å². The van der Waals surface area contributed by atoms with E-state index in [4.69, 9.17) is 0 Å². The van der Waals surface area contributed by atoms with E-state index in [1.165, 1.54) is 38.5 Å². The molecule has 4 rings (SSSR count). The van der Waals surface area contributed by atoms with Crippen LogP contribution in [-0.4, -0.2) is 23.0 Å². The van der Waals surface area contributed by atoms with E-state index in [9.17, 15) is 14.7 Å². The first-order valence-corrected chi connectivity index (χ1v) is 8.87. The predicted octanol–water partition coefficient (Wildman–Crippen LogP) is 3.21. The topological polar surface area (TPSA) is 66.4 Å². The summed E-state index contributed by atoms with van der Waals surface area (Å²) in [5.41, 5.74) is 0.180. The van der Waals surface area contributed by atoms with Gasteiger partial charge in [0.15, 0.2) is 0 Å². The van der Waals surface area contributed by atoms with Crippen LogP contribution in [0, 0.1) is 29.1 Å². The van der Waals surface area contributed by atoms with E-state index >= 15 is 0 Å². The molecule has 0 saturated heterocycles. The molecule has 4 aliphatic carbocycles. The van der Waals surface area contributed by atoms with Gasteiger partial charge in [-0.2, -0.15) is 0 Å². The third kappa shape index (κ3) is 3.31. The number of carbonyl (C=O) groups is 2. The summed E-state index contributed by atoms with van der Waals surface area (Å²) in [4.78, 5) is 23.8. The van der Waals surface area contributed by atoms with Crippen LogP contribution in [0.15, 0.2) is 0 Å². The number of amides is 1. The first-order chi connectivity index (χ1) is 10.3. The maximum Gasteiger partial charge on any atom is 0.326 e. The number of carboxylic acids is 1. The fraction of sp³-hybridized carbons (Fsp3) is 0.889. The molecule has 4 bridgehead atoms. The summed E-state index contributed by atoms with van der Waals surface area (Å²) in [6.45, 7) is 3.97. The normalized spacial score (nSPS) is 37.3. The van der Waals surface area contributed by atoms with Crippen molar-refractivity contribution >= 4 is 11.9 Å². The van der Waals surface area contributed by atoms with E-state index in [1.807, 2.05) is 13.8 Å². The molecule has 4 saturated carbocycles. The Balaban J connectivity index is 1.60. The number of carbonyl (C=O) groups excluding carboxylic acids is 1. The lowest BCUT2D eigenvalue weighted by atomic mass is 9.49. The van der Waals surface area contributed by atoms with Gasteiger partial charge in [0.1, 0.15) is 6.04 Å². The van der Waals surface area contributed by atoms with Crippen LogP contribution in [-0.2, 0) is 9.59 Å². The SMILES string of the molecule is CC(C)C[C@@H](NC(=O)CC12CC3CC(CC(C3)C1)C2)C(=O)O. The van der Waals surface area contributed by atoms with Gasteiger partial charge in [-0.05, 0) is 74.0 Å². The number of rotatable bonds is 6. The van der Waals surface area contributed by atoms with Crippen molar-refractivity contribution < 1.29 is 14.7 Å². The van der Waals surface area contributed by atoms with E-state index in [0.717, 1.165) is 17.8 Å². The number of aliphatic carboxylic acids is 1. The summed E-state index contributed by atoms with van der Waals surface area (Å²) in [6.07, 6.45) is 8.71. The van der Waals surface area contributed by atoms with Crippen LogP contribution >= 0.6 is 0 Å². The van der Waals surface area contributed by atoms with Gasteiger partial charge in [-0.1, -0.05) is 13.8 Å². The number of nitrogens with one attached hydrogen (secondary N) is 1. The molecule has 0 aromatic rings. The van der Waals surface area contributed by atoms with Crippen LogP contribution in [0.5, 0.6) is 0 Å². The molecule has 0 aliphatic heterocycles. The molecule has 0 aromatic heterocycles. The van der Waals surface area contributed by atoms with Crippen LogP contribution < -0.4 is 5.32 Å². The lowest BCUT2D eigenvalue weighted by Crippen LogP contribution is -2.49. The molecule has 4 fully saturated rings. The van der Waals surface area contributed by atoms with E-state index in [1.54, 1.807) is 0 Å². The average Bonchev–Trinajstić information content (AvgIpc) is 2.34. The van der Waals surface area contributed by atoms with Crippen LogP contribution in [0.2, 0.25) is 0 Å². The van der Waals surface area contributed by atoms with Gasteiger partial charge in [-0.3, -0.25) is 4.79 Å². The molecule has 4 aliphatic rings. The summed E-state index contributed by atoms with van der Waals surface area (Å²) < 4.78 is 0. The predicted molar refractivity (Wildman–Crippen MR) is 84.2 cm³/mol. The van der Waals surface area contributed by atoms with Crippen LogP contribution in [0.1, 0.15) is 65.2 Å². The van der Waals surface area contributed by atoms with Gasteiger partial charge in [-0.25, -0.2) is 4.79 Å². The molecule has 2 N–H and O–H groups in total. The Labute approximate surface area is 133 Å². The van der Waals surface area contributed by atoms with E-state index in [0.29, 0.717) is 12.8 Å². The first-order valence-electron chi connectivity index (χ1n) is 8.87. The lowest BCUT2D eigenvalue weighted by Gasteiger charge is -2.56. The maximum absolute atomic E-state index is 12.4. The summed E-state index contributed by atoms with van der Waals surface area (Å²) in [5, 5.41) is 12.1. The van der Waals surface area contributed by atoms with Crippen molar-refractivity contribution in [2.75, 3.05) is 0 Å². The highest BCUT2D eigenvalue weighted by Gasteiger charge is 2.51. The summed E-state index contributed by atoms with van der Waals surface area (Å²) in [7, 11) is 0. The molecular formula is C18H29NO3. The molecule has 1 atom stereocenters. The molecular weight excluding hydrogens is 278 g/mol. The highest BCUT2D eigenvalue weighted by atomic mass is 16.4. The zero-order valence-corrected chi connectivity index (χ0v) is 13.8. The molecule has 0 spiro atoms. The third-order valence-electron chi connectivity index (χ3n) is 6.04. The van der Waals surface area contributed by atoms with E-state index < -0.39 is 12.0 Å². The minimum atomic E-state index is -0.910. The molecule has 0 unspecified atom stereocenters. The highest BCUT2D eigenvalue weighted by Crippen LogP contribution is 2.61. The van der Waals surface area contributed by atoms with Crippen molar-refractivity contribution in [3.05, 3.63) is 0 Å². The standard InChI is InChI=1S/C18H29NO3/c1-11(2)3-15(17(21)22)19-16(20)10-18-7-12-4-13(8-18)6-14(5-12)9-18/h11-15H,3-10H2,1-2H3,(H,19,20)(H,21,22)/t12?,13?,14?,15-,18?/m1/s1. The fourth-order valence-corrected chi connectivity index (χ4v) is 5.79. The Morgan fingerprint density at radius 3 is 2.00 bits per heavy atom. The Bertz CT molecular complexity index is 422. The van der Waals surface area contributed by atoms with E-state index in [-0.39, 0.29) is 17.2 Å². The maximum atomic E-state index is 12.4. The monoisotopic (exact) mass is 307 g/mol. The van der Waals surface area contributed by atoms with Crippen LogP contribution in [0.3, 0.4) is 0 Å². The number of hydrogen-bond acceptors (Lipinski definition) is 2. The summed E-state index contributed by atoms with van der Waals surface area (Å²) in [6, 6.07) is -0.735. The fourth-order valence-electron chi connectivity index (χ4n) is 5.79. The molecule has 124 valence electrons. The van der Waals surface area contributed by atoms with Crippen molar-refractivity contribution in [1.82, 2.24) is 5.32 Å². The Kier molecular flexibility index (Phi) is 4.21. The van der Waals surface area contributed by atoms with Gasteiger partial charge in [-0.15, -0.1) is 0 Å². The van der Waals surface area contributed by atoms with E-state index in [2.05, 4.69) is 5.32 Å². The molecule has 4 nitrogen and oxygen atoms in total. The summed E-state index contributed by atoms with van der Waals surface area (Å²) in [5.74, 6) is 1.78. The van der Waals surface area contributed by atoms with Crippen LogP contribution in [0.25, 0.3) is 0 Å². The van der Waals surface area contributed by atoms with Gasteiger partial charge in [0, 0.05) is 6.42 Å². The largest absolute Gasteiger partial charge is 0.480 e.